The van der Waals surface area contributed by atoms with Crippen molar-refractivity contribution < 1.29 is 9.53 Å². The predicted molar refractivity (Wildman–Crippen MR) is 84.8 cm³/mol. The number of methoxy groups -OCH3 is 1. The lowest BCUT2D eigenvalue weighted by Gasteiger charge is -2.10. The fraction of sp³-hybridized carbons (Fsp3) is 0.125. The molecule has 7 heteroatoms. The Balaban J connectivity index is 1.87. The third-order valence-electron chi connectivity index (χ3n) is 3.17. The Morgan fingerprint density at radius 1 is 1.26 bits per heavy atom. The molecular formula is C16H15N5O2. The van der Waals surface area contributed by atoms with Crippen molar-refractivity contribution >= 4 is 11.6 Å². The number of nitrogens with one attached hydrogen (secondary N) is 1. The van der Waals surface area contributed by atoms with Gasteiger partial charge in [0.2, 0.25) is 5.88 Å². The van der Waals surface area contributed by atoms with Gasteiger partial charge in [0.25, 0.3) is 5.91 Å². The summed E-state index contributed by atoms with van der Waals surface area (Å²) >= 11 is 0. The lowest BCUT2D eigenvalue weighted by molar-refractivity contribution is 0.102. The minimum absolute atomic E-state index is 0.279. The number of amides is 1. The van der Waals surface area contributed by atoms with E-state index in [2.05, 4.69) is 20.4 Å². The highest BCUT2D eigenvalue weighted by atomic mass is 16.5. The van der Waals surface area contributed by atoms with Gasteiger partial charge >= 0.3 is 0 Å². The van der Waals surface area contributed by atoms with Crippen LogP contribution in [0.1, 0.15) is 16.1 Å². The number of pyridine rings is 2. The van der Waals surface area contributed by atoms with Crippen LogP contribution in [0.25, 0.3) is 5.69 Å². The van der Waals surface area contributed by atoms with Gasteiger partial charge in [0.15, 0.2) is 0 Å². The first-order valence-electron chi connectivity index (χ1n) is 6.95. The van der Waals surface area contributed by atoms with E-state index in [9.17, 15) is 4.79 Å². The number of carbonyl (C=O) groups is 1. The zero-order valence-corrected chi connectivity index (χ0v) is 12.7. The number of hydrogen-bond acceptors (Lipinski definition) is 5. The van der Waals surface area contributed by atoms with Gasteiger partial charge < -0.3 is 10.1 Å². The second-order valence-corrected chi connectivity index (χ2v) is 4.87. The molecule has 0 saturated heterocycles. The quantitative estimate of drug-likeness (QED) is 0.799. The van der Waals surface area contributed by atoms with E-state index in [1.54, 1.807) is 47.7 Å². The predicted octanol–water partition coefficient (Wildman–Crippen LogP) is 2.23. The summed E-state index contributed by atoms with van der Waals surface area (Å²) in [7, 11) is 1.50. The summed E-state index contributed by atoms with van der Waals surface area (Å²) in [5.74, 6) is 0.0110. The van der Waals surface area contributed by atoms with Crippen molar-refractivity contribution in [2.75, 3.05) is 12.4 Å². The normalized spacial score (nSPS) is 10.3. The summed E-state index contributed by atoms with van der Waals surface area (Å²) in [6, 6.07) is 7.04. The van der Waals surface area contributed by atoms with Crippen molar-refractivity contribution in [3.63, 3.8) is 0 Å². The number of aryl methyl sites for hydroxylation is 1. The number of rotatable bonds is 4. The largest absolute Gasteiger partial charge is 0.480 e. The standard InChI is InChI=1S/C16H15N5O2/c1-11-8-14(16(23-2)18-10-11)20-15(22)13-9-12(4-6-17-13)21-7-3-5-19-21/h3-10H,1-2H3,(H,20,22). The molecular weight excluding hydrogens is 294 g/mol. The Kier molecular flexibility index (Phi) is 4.01. The Morgan fingerprint density at radius 3 is 2.87 bits per heavy atom. The van der Waals surface area contributed by atoms with Crippen LogP contribution in [0, 0.1) is 6.92 Å². The molecule has 0 bridgehead atoms. The molecule has 0 aliphatic heterocycles. The van der Waals surface area contributed by atoms with Gasteiger partial charge in [0, 0.05) is 24.8 Å². The maximum absolute atomic E-state index is 12.4. The van der Waals surface area contributed by atoms with E-state index >= 15 is 0 Å². The Labute approximate surface area is 133 Å². The molecule has 0 saturated carbocycles. The molecule has 3 rings (SSSR count). The summed E-state index contributed by atoms with van der Waals surface area (Å²) in [5.41, 5.74) is 2.45. The second kappa shape index (κ2) is 6.27. The molecule has 0 aromatic carbocycles. The van der Waals surface area contributed by atoms with Crippen LogP contribution in [-0.4, -0.2) is 32.8 Å². The van der Waals surface area contributed by atoms with Crippen molar-refractivity contribution in [1.82, 2.24) is 19.7 Å². The average molecular weight is 309 g/mol. The third-order valence-corrected chi connectivity index (χ3v) is 3.17. The van der Waals surface area contributed by atoms with E-state index < -0.39 is 0 Å². The first kappa shape index (κ1) is 14.7. The lowest BCUT2D eigenvalue weighted by atomic mass is 10.2. The van der Waals surface area contributed by atoms with E-state index in [0.717, 1.165) is 11.3 Å². The van der Waals surface area contributed by atoms with E-state index in [0.29, 0.717) is 11.6 Å². The number of ether oxygens (including phenoxy) is 1. The highest BCUT2D eigenvalue weighted by Gasteiger charge is 2.13. The van der Waals surface area contributed by atoms with Crippen molar-refractivity contribution in [2.24, 2.45) is 0 Å². The zero-order chi connectivity index (χ0) is 16.2. The fourth-order valence-electron chi connectivity index (χ4n) is 2.10. The third kappa shape index (κ3) is 3.18. The number of aromatic nitrogens is 4. The molecule has 0 unspecified atom stereocenters. The molecule has 1 N–H and O–H groups in total. The maximum atomic E-state index is 12.4. The van der Waals surface area contributed by atoms with Crippen molar-refractivity contribution in [3.05, 3.63) is 60.3 Å². The maximum Gasteiger partial charge on any atom is 0.274 e. The smallest absolute Gasteiger partial charge is 0.274 e. The average Bonchev–Trinajstić information content (AvgIpc) is 3.10. The van der Waals surface area contributed by atoms with Crippen molar-refractivity contribution in [1.29, 1.82) is 0 Å². The summed E-state index contributed by atoms with van der Waals surface area (Å²) in [6.45, 7) is 1.89. The Bertz CT molecular complexity index is 830. The van der Waals surface area contributed by atoms with Crippen LogP contribution in [0.3, 0.4) is 0 Å². The molecule has 116 valence electrons. The summed E-state index contributed by atoms with van der Waals surface area (Å²) in [5, 5.41) is 6.91. The molecule has 3 heterocycles. The van der Waals surface area contributed by atoms with Crippen LogP contribution in [-0.2, 0) is 0 Å². The highest BCUT2D eigenvalue weighted by Crippen LogP contribution is 2.22. The molecule has 0 atom stereocenters. The van der Waals surface area contributed by atoms with E-state index in [1.165, 1.54) is 7.11 Å². The highest BCUT2D eigenvalue weighted by molar-refractivity contribution is 6.03. The van der Waals surface area contributed by atoms with Crippen molar-refractivity contribution in [3.8, 4) is 11.6 Å². The van der Waals surface area contributed by atoms with Crippen LogP contribution >= 0.6 is 0 Å². The monoisotopic (exact) mass is 309 g/mol. The minimum atomic E-state index is -0.343. The van der Waals surface area contributed by atoms with E-state index in [4.69, 9.17) is 4.74 Å². The molecule has 0 radical (unpaired) electrons. The van der Waals surface area contributed by atoms with Gasteiger partial charge in [0.05, 0.1) is 12.8 Å². The molecule has 0 spiro atoms. The van der Waals surface area contributed by atoms with Gasteiger partial charge in [0.1, 0.15) is 11.4 Å². The van der Waals surface area contributed by atoms with Gasteiger partial charge in [-0.2, -0.15) is 5.10 Å². The topological polar surface area (TPSA) is 81.9 Å². The molecule has 0 aliphatic rings. The van der Waals surface area contributed by atoms with Gasteiger partial charge in [-0.25, -0.2) is 9.67 Å². The number of nitrogens with zero attached hydrogens (tertiary/aromatic N) is 4. The SMILES string of the molecule is COc1ncc(C)cc1NC(=O)c1cc(-n2cccn2)ccn1. The molecule has 3 aromatic heterocycles. The van der Waals surface area contributed by atoms with Crippen LogP contribution in [0.15, 0.2) is 49.1 Å². The van der Waals surface area contributed by atoms with Crippen LogP contribution < -0.4 is 10.1 Å². The van der Waals surface area contributed by atoms with Crippen LogP contribution in [0.4, 0.5) is 5.69 Å². The summed E-state index contributed by atoms with van der Waals surface area (Å²) in [6.07, 6.45) is 6.71. The minimum Gasteiger partial charge on any atom is -0.480 e. The van der Waals surface area contributed by atoms with Crippen LogP contribution in [0.2, 0.25) is 0 Å². The summed E-state index contributed by atoms with van der Waals surface area (Å²) in [4.78, 5) is 20.7. The number of hydrogen-bond donors (Lipinski definition) is 1. The van der Waals surface area contributed by atoms with E-state index in [1.807, 2.05) is 13.0 Å². The Hall–Kier alpha value is -3.22. The van der Waals surface area contributed by atoms with Crippen molar-refractivity contribution in [2.45, 2.75) is 6.92 Å². The van der Waals surface area contributed by atoms with Crippen LogP contribution in [0.5, 0.6) is 5.88 Å². The first-order chi connectivity index (χ1) is 11.2. The summed E-state index contributed by atoms with van der Waals surface area (Å²) < 4.78 is 6.82. The fourth-order valence-corrected chi connectivity index (χ4v) is 2.10. The first-order valence-corrected chi connectivity index (χ1v) is 6.95. The molecule has 7 nitrogen and oxygen atoms in total. The van der Waals surface area contributed by atoms with Gasteiger partial charge in [-0.3, -0.25) is 9.78 Å². The Morgan fingerprint density at radius 2 is 2.13 bits per heavy atom. The van der Waals surface area contributed by atoms with Gasteiger partial charge in [-0.15, -0.1) is 0 Å². The second-order valence-electron chi connectivity index (χ2n) is 4.87. The molecule has 0 fully saturated rings. The molecule has 1 amide bonds. The number of anilines is 1. The van der Waals surface area contributed by atoms with Gasteiger partial charge in [-0.1, -0.05) is 0 Å². The number of carbonyl (C=O) groups excluding carboxylic acids is 1. The zero-order valence-electron chi connectivity index (χ0n) is 12.7. The molecule has 3 aromatic rings. The lowest BCUT2D eigenvalue weighted by Crippen LogP contribution is -2.15. The van der Waals surface area contributed by atoms with E-state index in [-0.39, 0.29) is 11.6 Å². The van der Waals surface area contributed by atoms with Gasteiger partial charge in [-0.05, 0) is 36.8 Å². The molecule has 23 heavy (non-hydrogen) atoms. The molecule has 0 aliphatic carbocycles.